The van der Waals surface area contributed by atoms with E-state index in [1.807, 2.05) is 0 Å². The summed E-state index contributed by atoms with van der Waals surface area (Å²) in [5.41, 5.74) is 6.10. The minimum atomic E-state index is 0.505. The van der Waals surface area contributed by atoms with Crippen molar-refractivity contribution in [2.45, 2.75) is 51.6 Å². The van der Waals surface area contributed by atoms with E-state index in [-0.39, 0.29) is 0 Å². The van der Waals surface area contributed by atoms with Gasteiger partial charge in [0.25, 0.3) is 0 Å². The highest BCUT2D eigenvalue weighted by atomic mass is 15.4. The summed E-state index contributed by atoms with van der Waals surface area (Å²) >= 11 is 0. The predicted molar refractivity (Wildman–Crippen MR) is 72.2 cm³/mol. The van der Waals surface area contributed by atoms with Gasteiger partial charge in [0.05, 0.1) is 0 Å². The minimum Gasteiger partial charge on any atom is -0.370 e. The van der Waals surface area contributed by atoms with Gasteiger partial charge in [0, 0.05) is 31.7 Å². The molecule has 0 aromatic carbocycles. The second-order valence-corrected chi connectivity index (χ2v) is 5.39. The van der Waals surface area contributed by atoms with Crippen molar-refractivity contribution in [3.63, 3.8) is 0 Å². The normalized spacial score (nSPS) is 31.4. The highest BCUT2D eigenvalue weighted by Gasteiger charge is 2.33. The van der Waals surface area contributed by atoms with Gasteiger partial charge in [0.1, 0.15) is 0 Å². The van der Waals surface area contributed by atoms with E-state index in [0.29, 0.717) is 12.1 Å². The molecule has 2 unspecified atom stereocenters. The van der Waals surface area contributed by atoms with E-state index in [0.717, 1.165) is 32.0 Å². The summed E-state index contributed by atoms with van der Waals surface area (Å²) in [4.78, 5) is 9.40. The van der Waals surface area contributed by atoms with Crippen LogP contribution in [0.1, 0.15) is 39.5 Å². The van der Waals surface area contributed by atoms with Gasteiger partial charge in [0.2, 0.25) is 0 Å². The Hall–Kier alpha value is -0.770. The first-order valence-corrected chi connectivity index (χ1v) is 7.03. The molecular weight excluding hydrogens is 212 g/mol. The van der Waals surface area contributed by atoms with Gasteiger partial charge in [-0.05, 0) is 32.7 Å². The average Bonchev–Trinajstić information content (AvgIpc) is 2.35. The van der Waals surface area contributed by atoms with Crippen LogP contribution in [0.25, 0.3) is 0 Å². The number of nitrogens with two attached hydrogens (primary N) is 1. The van der Waals surface area contributed by atoms with Gasteiger partial charge in [-0.1, -0.05) is 13.3 Å². The van der Waals surface area contributed by atoms with Crippen molar-refractivity contribution in [1.29, 1.82) is 0 Å². The van der Waals surface area contributed by atoms with Crippen LogP contribution in [0.4, 0.5) is 0 Å². The lowest BCUT2D eigenvalue weighted by molar-refractivity contribution is 0.0496. The molecule has 0 saturated carbocycles. The fraction of sp³-hybridized carbons (Fsp3) is 0.923. The van der Waals surface area contributed by atoms with Crippen molar-refractivity contribution in [3.05, 3.63) is 0 Å². The summed E-state index contributed by atoms with van der Waals surface area (Å²) in [6, 6.07) is 1.21. The topological polar surface area (TPSA) is 44.9 Å². The minimum absolute atomic E-state index is 0.505. The molecule has 17 heavy (non-hydrogen) atoms. The monoisotopic (exact) mass is 238 g/mol. The summed E-state index contributed by atoms with van der Waals surface area (Å²) in [6.07, 6.45) is 5.13. The Balaban J connectivity index is 1.98. The maximum atomic E-state index is 6.10. The number of nitrogens with zero attached hydrogens (tertiary/aromatic N) is 3. The van der Waals surface area contributed by atoms with Crippen molar-refractivity contribution < 1.29 is 0 Å². The van der Waals surface area contributed by atoms with E-state index < -0.39 is 0 Å². The van der Waals surface area contributed by atoms with Crippen LogP contribution in [0.5, 0.6) is 0 Å². The van der Waals surface area contributed by atoms with Crippen molar-refractivity contribution >= 4 is 5.96 Å². The fourth-order valence-corrected chi connectivity index (χ4v) is 2.99. The van der Waals surface area contributed by atoms with Crippen molar-refractivity contribution in [3.8, 4) is 0 Å². The smallest absolute Gasteiger partial charge is 0.191 e. The van der Waals surface area contributed by atoms with Crippen LogP contribution in [0.3, 0.4) is 0 Å². The molecule has 0 bridgehead atoms. The van der Waals surface area contributed by atoms with Crippen LogP contribution in [0, 0.1) is 0 Å². The molecule has 2 N–H and O–H groups in total. The van der Waals surface area contributed by atoms with Gasteiger partial charge in [-0.2, -0.15) is 0 Å². The molecule has 4 heteroatoms. The Morgan fingerprint density at radius 2 is 2.18 bits per heavy atom. The third-order valence-corrected chi connectivity index (χ3v) is 3.98. The number of fused-ring (bicyclic) bond motifs is 1. The maximum Gasteiger partial charge on any atom is 0.191 e. The molecule has 2 heterocycles. The second-order valence-electron chi connectivity index (χ2n) is 5.39. The number of hydrogen-bond acceptors (Lipinski definition) is 2. The maximum absolute atomic E-state index is 6.10. The van der Waals surface area contributed by atoms with Gasteiger partial charge in [-0.3, -0.25) is 9.89 Å². The molecule has 0 radical (unpaired) electrons. The number of rotatable bonds is 2. The Morgan fingerprint density at radius 3 is 2.94 bits per heavy atom. The SMILES string of the molecule is CCCN=C(N)N1CC2CCCCN2CC1C. The van der Waals surface area contributed by atoms with E-state index in [4.69, 9.17) is 5.73 Å². The molecule has 2 fully saturated rings. The molecule has 0 amide bonds. The van der Waals surface area contributed by atoms with E-state index in [1.165, 1.54) is 25.8 Å². The fourth-order valence-electron chi connectivity index (χ4n) is 2.99. The molecule has 0 aromatic rings. The quantitative estimate of drug-likeness (QED) is 0.582. The molecular formula is C13H26N4. The van der Waals surface area contributed by atoms with Crippen LogP contribution in [0.15, 0.2) is 4.99 Å². The first kappa shape index (κ1) is 12.7. The van der Waals surface area contributed by atoms with Gasteiger partial charge >= 0.3 is 0 Å². The van der Waals surface area contributed by atoms with Gasteiger partial charge in [-0.15, -0.1) is 0 Å². The molecule has 2 rings (SSSR count). The molecule has 2 atom stereocenters. The van der Waals surface area contributed by atoms with Gasteiger partial charge in [0.15, 0.2) is 5.96 Å². The molecule has 2 aliphatic heterocycles. The molecule has 0 spiro atoms. The van der Waals surface area contributed by atoms with Crippen LogP contribution < -0.4 is 5.73 Å². The Morgan fingerprint density at radius 1 is 1.35 bits per heavy atom. The Bertz CT molecular complexity index is 277. The second kappa shape index (κ2) is 5.71. The van der Waals surface area contributed by atoms with Crippen molar-refractivity contribution in [1.82, 2.24) is 9.80 Å². The molecule has 2 aliphatic rings. The lowest BCUT2D eigenvalue weighted by atomic mass is 9.97. The molecule has 2 saturated heterocycles. The summed E-state index contributed by atoms with van der Waals surface area (Å²) < 4.78 is 0. The molecule has 98 valence electrons. The van der Waals surface area contributed by atoms with Crippen LogP contribution in [-0.4, -0.2) is 54.0 Å². The van der Waals surface area contributed by atoms with Crippen LogP contribution in [-0.2, 0) is 0 Å². The first-order chi connectivity index (χ1) is 8.22. The first-order valence-electron chi connectivity index (χ1n) is 7.03. The van der Waals surface area contributed by atoms with Crippen LogP contribution >= 0.6 is 0 Å². The summed E-state index contributed by atoms with van der Waals surface area (Å²) in [6.45, 7) is 8.74. The van der Waals surface area contributed by atoms with Gasteiger partial charge in [-0.25, -0.2) is 0 Å². The number of guanidine groups is 1. The summed E-state index contributed by atoms with van der Waals surface area (Å²) in [5, 5.41) is 0. The van der Waals surface area contributed by atoms with Crippen molar-refractivity contribution in [2.75, 3.05) is 26.2 Å². The third-order valence-electron chi connectivity index (χ3n) is 3.98. The number of piperidine rings is 1. The zero-order valence-electron chi connectivity index (χ0n) is 11.2. The number of aliphatic imine (C=N–C) groups is 1. The zero-order chi connectivity index (χ0) is 12.3. The highest BCUT2D eigenvalue weighted by Crippen LogP contribution is 2.23. The van der Waals surface area contributed by atoms with Gasteiger partial charge < -0.3 is 10.6 Å². The average molecular weight is 238 g/mol. The number of hydrogen-bond donors (Lipinski definition) is 1. The Kier molecular flexibility index (Phi) is 4.26. The van der Waals surface area contributed by atoms with E-state index in [9.17, 15) is 0 Å². The molecule has 0 aromatic heterocycles. The lowest BCUT2D eigenvalue weighted by Crippen LogP contribution is -2.61. The largest absolute Gasteiger partial charge is 0.370 e. The van der Waals surface area contributed by atoms with E-state index in [2.05, 4.69) is 28.6 Å². The Labute approximate surface area is 105 Å². The predicted octanol–water partition coefficient (Wildman–Crippen LogP) is 1.27. The summed E-state index contributed by atoms with van der Waals surface area (Å²) in [7, 11) is 0. The van der Waals surface area contributed by atoms with E-state index >= 15 is 0 Å². The van der Waals surface area contributed by atoms with Crippen molar-refractivity contribution in [2.24, 2.45) is 10.7 Å². The standard InChI is InChI=1S/C13H26N4/c1-3-7-15-13(14)17-10-12-6-4-5-8-16(12)9-11(17)2/h11-12H,3-10H2,1-2H3,(H2,14,15). The highest BCUT2D eigenvalue weighted by molar-refractivity contribution is 5.78. The lowest BCUT2D eigenvalue weighted by Gasteiger charge is -2.47. The number of piperazine rings is 1. The van der Waals surface area contributed by atoms with E-state index in [1.54, 1.807) is 0 Å². The molecule has 0 aliphatic carbocycles. The summed E-state index contributed by atoms with van der Waals surface area (Å²) in [5.74, 6) is 0.754. The molecule has 4 nitrogen and oxygen atoms in total. The van der Waals surface area contributed by atoms with Crippen LogP contribution in [0.2, 0.25) is 0 Å². The third kappa shape index (κ3) is 2.92. The zero-order valence-corrected chi connectivity index (χ0v) is 11.2.